The van der Waals surface area contributed by atoms with Crippen molar-refractivity contribution in [3.8, 4) is 0 Å². The van der Waals surface area contributed by atoms with Crippen LogP contribution in [0.4, 0.5) is 11.6 Å². The van der Waals surface area contributed by atoms with E-state index in [0.29, 0.717) is 0 Å². The van der Waals surface area contributed by atoms with Crippen LogP contribution in [0.2, 0.25) is 5.15 Å². The molecule has 0 fully saturated rings. The first-order valence-electron chi connectivity index (χ1n) is 6.54. The molecule has 1 amide bonds. The lowest BCUT2D eigenvalue weighted by Gasteiger charge is -2.15. The normalized spacial score (nSPS) is 11.7. The average Bonchev–Trinajstić information content (AvgIpc) is 2.51. The first-order valence-corrected chi connectivity index (χ1v) is 6.92. The first kappa shape index (κ1) is 16.5. The summed E-state index contributed by atoms with van der Waals surface area (Å²) in [6, 6.07) is 7.73. The molecule has 1 aromatic carbocycles. The van der Waals surface area contributed by atoms with E-state index in [9.17, 15) is 14.7 Å². The molecule has 8 nitrogen and oxygen atoms in total. The van der Waals surface area contributed by atoms with Crippen molar-refractivity contribution in [2.75, 3.05) is 11.5 Å². The van der Waals surface area contributed by atoms with Gasteiger partial charge in [0, 0.05) is 6.42 Å². The molecule has 0 saturated carbocycles. The van der Waals surface area contributed by atoms with E-state index in [1.54, 1.807) is 24.3 Å². The van der Waals surface area contributed by atoms with Gasteiger partial charge in [0.1, 0.15) is 6.04 Å². The molecular formula is C14H14ClN5O3. The van der Waals surface area contributed by atoms with Crippen molar-refractivity contribution in [3.63, 3.8) is 0 Å². The highest BCUT2D eigenvalue weighted by atomic mass is 35.5. The Labute approximate surface area is 136 Å². The van der Waals surface area contributed by atoms with Crippen LogP contribution in [0.25, 0.3) is 0 Å². The molecule has 0 radical (unpaired) electrons. The van der Waals surface area contributed by atoms with Gasteiger partial charge in [-0.2, -0.15) is 0 Å². The Bertz CT molecular complexity index is 739. The zero-order chi connectivity index (χ0) is 17.0. The second kappa shape index (κ2) is 6.93. The number of amides is 1. The Hall–Kier alpha value is -2.87. The maximum atomic E-state index is 12.2. The van der Waals surface area contributed by atoms with Crippen LogP contribution < -0.4 is 16.8 Å². The number of nitrogens with one attached hydrogen (secondary N) is 1. The Morgan fingerprint density at radius 3 is 2.43 bits per heavy atom. The highest BCUT2D eigenvalue weighted by molar-refractivity contribution is 6.31. The second-order valence-electron chi connectivity index (χ2n) is 4.69. The lowest BCUT2D eigenvalue weighted by atomic mass is 10.1. The smallest absolute Gasteiger partial charge is 0.326 e. The predicted octanol–water partition coefficient (Wildman–Crippen LogP) is 0.720. The van der Waals surface area contributed by atoms with Crippen molar-refractivity contribution in [1.29, 1.82) is 0 Å². The van der Waals surface area contributed by atoms with E-state index in [2.05, 4.69) is 15.3 Å². The largest absolute Gasteiger partial charge is 0.480 e. The van der Waals surface area contributed by atoms with Gasteiger partial charge in [-0.25, -0.2) is 14.8 Å². The van der Waals surface area contributed by atoms with Crippen molar-refractivity contribution >= 4 is 35.1 Å². The topological polar surface area (TPSA) is 144 Å². The van der Waals surface area contributed by atoms with Crippen molar-refractivity contribution < 1.29 is 14.7 Å². The van der Waals surface area contributed by atoms with Crippen LogP contribution >= 0.6 is 11.6 Å². The van der Waals surface area contributed by atoms with Gasteiger partial charge in [0.25, 0.3) is 5.91 Å². The molecule has 0 aliphatic rings. The summed E-state index contributed by atoms with van der Waals surface area (Å²) < 4.78 is 0. The minimum atomic E-state index is -1.18. The number of hydrogen-bond acceptors (Lipinski definition) is 6. The van der Waals surface area contributed by atoms with Crippen molar-refractivity contribution in [2.24, 2.45) is 0 Å². The van der Waals surface area contributed by atoms with Crippen LogP contribution in [0.3, 0.4) is 0 Å². The molecule has 0 bridgehead atoms. The number of nitrogens with zero attached hydrogens (tertiary/aromatic N) is 2. The van der Waals surface area contributed by atoms with Crippen molar-refractivity contribution in [3.05, 3.63) is 46.7 Å². The summed E-state index contributed by atoms with van der Waals surface area (Å²) in [5.41, 5.74) is 11.5. The monoisotopic (exact) mass is 335 g/mol. The summed E-state index contributed by atoms with van der Waals surface area (Å²) in [6.07, 6.45) is 0.109. The molecule has 120 valence electrons. The molecule has 6 N–H and O–H groups in total. The summed E-state index contributed by atoms with van der Waals surface area (Å²) in [4.78, 5) is 30.9. The van der Waals surface area contributed by atoms with E-state index < -0.39 is 17.9 Å². The summed E-state index contributed by atoms with van der Waals surface area (Å²) in [6.45, 7) is 0. The van der Waals surface area contributed by atoms with E-state index >= 15 is 0 Å². The Morgan fingerprint density at radius 1 is 1.17 bits per heavy atom. The number of carboxylic acids is 1. The summed E-state index contributed by atoms with van der Waals surface area (Å²) in [5, 5.41) is 11.4. The summed E-state index contributed by atoms with van der Waals surface area (Å²) in [7, 11) is 0. The zero-order valence-electron chi connectivity index (χ0n) is 11.9. The van der Waals surface area contributed by atoms with Gasteiger partial charge in [-0.15, -0.1) is 0 Å². The van der Waals surface area contributed by atoms with Gasteiger partial charge in [-0.3, -0.25) is 4.79 Å². The fraction of sp³-hybridized carbons (Fsp3) is 0.143. The number of aliphatic carboxylic acids is 1. The van der Waals surface area contributed by atoms with Crippen molar-refractivity contribution in [1.82, 2.24) is 15.3 Å². The van der Waals surface area contributed by atoms with Gasteiger partial charge in [0.05, 0.1) is 0 Å². The Kier molecular flexibility index (Phi) is 4.97. The lowest BCUT2D eigenvalue weighted by Crippen LogP contribution is -2.43. The third-order valence-corrected chi connectivity index (χ3v) is 3.28. The Balaban J connectivity index is 2.18. The number of benzene rings is 1. The number of anilines is 2. The molecule has 0 aliphatic heterocycles. The number of nitrogens with two attached hydrogens (primary N) is 2. The van der Waals surface area contributed by atoms with Gasteiger partial charge in [0.15, 0.2) is 22.5 Å². The second-order valence-corrected chi connectivity index (χ2v) is 5.05. The van der Waals surface area contributed by atoms with Gasteiger partial charge in [0.2, 0.25) is 0 Å². The molecule has 0 aliphatic carbocycles. The molecule has 2 aromatic rings. The third-order valence-electron chi connectivity index (χ3n) is 3.01. The molecular weight excluding hydrogens is 322 g/mol. The number of hydrogen-bond donors (Lipinski definition) is 4. The number of aromatic nitrogens is 2. The highest BCUT2D eigenvalue weighted by Crippen LogP contribution is 2.17. The highest BCUT2D eigenvalue weighted by Gasteiger charge is 2.24. The molecule has 1 heterocycles. The number of rotatable bonds is 5. The molecule has 9 heteroatoms. The maximum absolute atomic E-state index is 12.2. The minimum absolute atomic E-state index is 0.109. The van der Waals surface area contributed by atoms with E-state index in [-0.39, 0.29) is 28.9 Å². The van der Waals surface area contributed by atoms with Gasteiger partial charge < -0.3 is 21.9 Å². The quantitative estimate of drug-likeness (QED) is 0.630. The van der Waals surface area contributed by atoms with Gasteiger partial charge in [-0.05, 0) is 5.56 Å². The first-order chi connectivity index (χ1) is 10.9. The molecule has 0 unspecified atom stereocenters. The van der Waals surface area contributed by atoms with Crippen molar-refractivity contribution in [2.45, 2.75) is 12.5 Å². The predicted molar refractivity (Wildman–Crippen MR) is 84.9 cm³/mol. The van der Waals surface area contributed by atoms with Crippen LogP contribution in [0, 0.1) is 0 Å². The summed E-state index contributed by atoms with van der Waals surface area (Å²) >= 11 is 5.71. The Morgan fingerprint density at radius 2 is 1.83 bits per heavy atom. The lowest BCUT2D eigenvalue weighted by molar-refractivity contribution is -0.139. The minimum Gasteiger partial charge on any atom is -0.480 e. The average molecular weight is 336 g/mol. The maximum Gasteiger partial charge on any atom is 0.326 e. The molecule has 23 heavy (non-hydrogen) atoms. The van der Waals surface area contributed by atoms with Gasteiger partial charge >= 0.3 is 5.97 Å². The molecule has 2 rings (SSSR count). The van der Waals surface area contributed by atoms with Crippen LogP contribution in [0.1, 0.15) is 16.1 Å². The fourth-order valence-corrected chi connectivity index (χ4v) is 2.01. The SMILES string of the molecule is Nc1nc(N)c(C(=O)N[C@@H](Cc2ccccc2)C(=O)O)nc1Cl. The van der Waals surface area contributed by atoms with E-state index in [1.807, 2.05) is 6.07 Å². The molecule has 0 spiro atoms. The fourth-order valence-electron chi connectivity index (χ4n) is 1.89. The third kappa shape index (κ3) is 4.07. The number of halogens is 1. The summed E-state index contributed by atoms with van der Waals surface area (Å²) in [5.74, 6) is -2.32. The van der Waals surface area contributed by atoms with Crippen LogP contribution in [0.15, 0.2) is 30.3 Å². The van der Waals surface area contributed by atoms with Crippen LogP contribution in [-0.2, 0) is 11.2 Å². The van der Waals surface area contributed by atoms with E-state index in [0.717, 1.165) is 5.56 Å². The zero-order valence-corrected chi connectivity index (χ0v) is 12.6. The van der Waals surface area contributed by atoms with E-state index in [1.165, 1.54) is 0 Å². The van der Waals surface area contributed by atoms with E-state index in [4.69, 9.17) is 23.1 Å². The van der Waals surface area contributed by atoms with Crippen LogP contribution in [0.5, 0.6) is 0 Å². The number of carbonyl (C=O) groups excluding carboxylic acids is 1. The van der Waals surface area contributed by atoms with Crippen LogP contribution in [-0.4, -0.2) is 33.0 Å². The molecule has 0 saturated heterocycles. The number of carboxylic acid groups (broad SMARTS) is 1. The molecule has 1 atom stereocenters. The number of carbonyl (C=O) groups is 2. The number of nitrogen functional groups attached to an aromatic ring is 2. The standard InChI is InChI=1S/C14H14ClN5O3/c15-10-12(17)20-11(16)9(19-10)13(21)18-8(14(22)23)6-7-4-2-1-3-5-7/h1-5,8H,6H2,(H,18,21)(H,22,23)(H4,16,17,20)/t8-/m0/s1. The molecule has 1 aromatic heterocycles. The van der Waals surface area contributed by atoms with Gasteiger partial charge in [-0.1, -0.05) is 41.9 Å².